The van der Waals surface area contributed by atoms with Crippen LogP contribution < -0.4 is 5.73 Å². The number of morpholine rings is 1. The van der Waals surface area contributed by atoms with E-state index in [1.54, 1.807) is 0 Å². The molecule has 0 aromatic heterocycles. The van der Waals surface area contributed by atoms with Gasteiger partial charge < -0.3 is 10.5 Å². The minimum Gasteiger partial charge on any atom is -0.391 e. The highest BCUT2D eigenvalue weighted by Crippen LogP contribution is 2.37. The maximum Gasteiger partial charge on any atom is 0.120 e. The standard InChI is InChI=1S/C14H18N2OS2/c15-14(18)12-9-16(5-6-17-12)8-11-7-10-3-1-2-4-13(10)19-11/h1-4,11-12H,5-9H2,(H2,15,18). The summed E-state index contributed by atoms with van der Waals surface area (Å²) < 4.78 is 5.58. The molecule has 1 aromatic carbocycles. The van der Waals surface area contributed by atoms with Gasteiger partial charge in [0.15, 0.2) is 0 Å². The second-order valence-corrected chi connectivity index (χ2v) is 6.89. The lowest BCUT2D eigenvalue weighted by Gasteiger charge is -2.33. The Kier molecular flexibility index (Phi) is 4.07. The van der Waals surface area contributed by atoms with E-state index >= 15 is 0 Å². The van der Waals surface area contributed by atoms with Crippen molar-refractivity contribution in [2.45, 2.75) is 22.7 Å². The van der Waals surface area contributed by atoms with Crippen molar-refractivity contribution in [3.8, 4) is 0 Å². The minimum atomic E-state index is -0.0717. The van der Waals surface area contributed by atoms with Crippen LogP contribution in [0, 0.1) is 0 Å². The number of nitrogens with zero attached hydrogens (tertiary/aromatic N) is 1. The average molecular weight is 294 g/mol. The molecule has 0 bridgehead atoms. The SMILES string of the molecule is NC(=S)C1CN(CC2Cc3ccccc3S2)CCO1. The fourth-order valence-electron chi connectivity index (χ4n) is 2.68. The second kappa shape index (κ2) is 5.79. The van der Waals surface area contributed by atoms with Crippen LogP contribution in [0.25, 0.3) is 0 Å². The van der Waals surface area contributed by atoms with Gasteiger partial charge in [-0.3, -0.25) is 4.90 Å². The fraction of sp³-hybridized carbons (Fsp3) is 0.500. The molecule has 1 saturated heterocycles. The molecule has 19 heavy (non-hydrogen) atoms. The highest BCUT2D eigenvalue weighted by atomic mass is 32.2. The van der Waals surface area contributed by atoms with Gasteiger partial charge in [-0.05, 0) is 18.1 Å². The summed E-state index contributed by atoms with van der Waals surface area (Å²) in [5.74, 6) is 0. The van der Waals surface area contributed by atoms with Crippen LogP contribution in [0.15, 0.2) is 29.2 Å². The molecule has 3 rings (SSSR count). The van der Waals surface area contributed by atoms with Gasteiger partial charge >= 0.3 is 0 Å². The Morgan fingerprint density at radius 2 is 2.32 bits per heavy atom. The van der Waals surface area contributed by atoms with Crippen molar-refractivity contribution in [1.82, 2.24) is 4.90 Å². The summed E-state index contributed by atoms with van der Waals surface area (Å²) in [6.45, 7) is 3.63. The molecule has 2 atom stereocenters. The minimum absolute atomic E-state index is 0.0717. The summed E-state index contributed by atoms with van der Waals surface area (Å²) in [7, 11) is 0. The number of hydrogen-bond donors (Lipinski definition) is 1. The van der Waals surface area contributed by atoms with E-state index in [0.29, 0.717) is 10.2 Å². The van der Waals surface area contributed by atoms with E-state index in [1.165, 1.54) is 10.5 Å². The maximum absolute atomic E-state index is 5.68. The summed E-state index contributed by atoms with van der Waals surface area (Å²) >= 11 is 7.02. The van der Waals surface area contributed by atoms with Gasteiger partial charge in [0.05, 0.1) is 6.61 Å². The summed E-state index contributed by atoms with van der Waals surface area (Å²) in [6, 6.07) is 8.70. The summed E-state index contributed by atoms with van der Waals surface area (Å²) in [5, 5.41) is 0.641. The molecule has 102 valence electrons. The second-order valence-electron chi connectivity index (χ2n) is 5.07. The summed E-state index contributed by atoms with van der Waals surface area (Å²) in [6.07, 6.45) is 1.09. The van der Waals surface area contributed by atoms with Crippen LogP contribution in [0.1, 0.15) is 5.56 Å². The number of fused-ring (bicyclic) bond motifs is 1. The van der Waals surface area contributed by atoms with Crippen molar-refractivity contribution < 1.29 is 4.74 Å². The first kappa shape index (κ1) is 13.4. The Bertz CT molecular complexity index is 455. The molecule has 5 heteroatoms. The highest BCUT2D eigenvalue weighted by Gasteiger charge is 2.28. The molecule has 0 amide bonds. The zero-order valence-electron chi connectivity index (χ0n) is 10.7. The van der Waals surface area contributed by atoms with Crippen molar-refractivity contribution in [3.63, 3.8) is 0 Å². The molecule has 1 fully saturated rings. The van der Waals surface area contributed by atoms with Gasteiger partial charge in [0, 0.05) is 29.8 Å². The molecule has 3 nitrogen and oxygen atoms in total. The van der Waals surface area contributed by atoms with Crippen LogP contribution in [-0.2, 0) is 11.2 Å². The van der Waals surface area contributed by atoms with E-state index in [-0.39, 0.29) is 6.10 Å². The molecule has 2 heterocycles. The van der Waals surface area contributed by atoms with Crippen LogP contribution in [0.4, 0.5) is 0 Å². The Morgan fingerprint density at radius 3 is 3.11 bits per heavy atom. The molecular weight excluding hydrogens is 276 g/mol. The molecule has 0 saturated carbocycles. The van der Waals surface area contributed by atoms with E-state index < -0.39 is 0 Å². The van der Waals surface area contributed by atoms with Gasteiger partial charge in [0.2, 0.25) is 0 Å². The predicted molar refractivity (Wildman–Crippen MR) is 82.8 cm³/mol. The number of nitrogens with two attached hydrogens (primary N) is 1. The summed E-state index contributed by atoms with van der Waals surface area (Å²) in [5.41, 5.74) is 7.16. The molecule has 1 aromatic rings. The highest BCUT2D eigenvalue weighted by molar-refractivity contribution is 8.00. The van der Waals surface area contributed by atoms with Crippen molar-refractivity contribution in [1.29, 1.82) is 0 Å². The van der Waals surface area contributed by atoms with Gasteiger partial charge in [-0.25, -0.2) is 0 Å². The first-order valence-corrected chi connectivity index (χ1v) is 7.89. The Balaban J connectivity index is 1.57. The predicted octanol–water partition coefficient (Wildman–Crippen LogP) is 1.69. The van der Waals surface area contributed by atoms with E-state index in [0.717, 1.165) is 32.7 Å². The zero-order valence-corrected chi connectivity index (χ0v) is 12.4. The molecule has 0 spiro atoms. The number of benzene rings is 1. The van der Waals surface area contributed by atoms with Crippen LogP contribution in [0.3, 0.4) is 0 Å². The van der Waals surface area contributed by atoms with Crippen LogP contribution in [0.2, 0.25) is 0 Å². The van der Waals surface area contributed by atoms with Crippen LogP contribution in [0.5, 0.6) is 0 Å². The fourth-order valence-corrected chi connectivity index (χ4v) is 4.19. The van der Waals surface area contributed by atoms with Gasteiger partial charge in [-0.2, -0.15) is 0 Å². The summed E-state index contributed by atoms with van der Waals surface area (Å²) in [4.78, 5) is 4.34. The average Bonchev–Trinajstić information content (AvgIpc) is 2.81. The van der Waals surface area contributed by atoms with Crippen molar-refractivity contribution in [2.24, 2.45) is 5.73 Å². The smallest absolute Gasteiger partial charge is 0.120 e. The zero-order chi connectivity index (χ0) is 13.2. The number of ether oxygens (including phenoxy) is 1. The number of hydrogen-bond acceptors (Lipinski definition) is 4. The topological polar surface area (TPSA) is 38.5 Å². The molecule has 2 unspecified atom stereocenters. The lowest BCUT2D eigenvalue weighted by molar-refractivity contribution is 0.00761. The van der Waals surface area contributed by atoms with Gasteiger partial charge in [-0.1, -0.05) is 30.4 Å². The number of thioether (sulfide) groups is 1. The van der Waals surface area contributed by atoms with Crippen molar-refractivity contribution in [3.05, 3.63) is 29.8 Å². The van der Waals surface area contributed by atoms with E-state index in [9.17, 15) is 0 Å². The molecule has 0 aliphatic carbocycles. The Labute approximate surface area is 123 Å². The van der Waals surface area contributed by atoms with E-state index in [1.807, 2.05) is 11.8 Å². The number of thiocarbonyl (C=S) groups is 1. The van der Waals surface area contributed by atoms with Crippen molar-refractivity contribution in [2.75, 3.05) is 26.2 Å². The third-order valence-electron chi connectivity index (χ3n) is 3.64. The first-order chi connectivity index (χ1) is 9.22. The Hall–Kier alpha value is -0.620. The molecule has 0 radical (unpaired) electrons. The van der Waals surface area contributed by atoms with E-state index in [4.69, 9.17) is 22.7 Å². The lowest BCUT2D eigenvalue weighted by Crippen LogP contribution is -2.49. The Morgan fingerprint density at radius 1 is 1.47 bits per heavy atom. The van der Waals surface area contributed by atoms with E-state index in [2.05, 4.69) is 29.2 Å². The molecular formula is C14H18N2OS2. The van der Waals surface area contributed by atoms with Crippen molar-refractivity contribution >= 4 is 29.0 Å². The third kappa shape index (κ3) is 3.11. The van der Waals surface area contributed by atoms with Gasteiger partial charge in [-0.15, -0.1) is 11.8 Å². The molecule has 2 aliphatic heterocycles. The van der Waals surface area contributed by atoms with Gasteiger partial charge in [0.25, 0.3) is 0 Å². The maximum atomic E-state index is 5.68. The monoisotopic (exact) mass is 294 g/mol. The van der Waals surface area contributed by atoms with Crippen LogP contribution in [-0.4, -0.2) is 47.5 Å². The number of rotatable bonds is 3. The third-order valence-corrected chi connectivity index (χ3v) is 5.21. The molecule has 2 aliphatic rings. The largest absolute Gasteiger partial charge is 0.391 e. The quantitative estimate of drug-likeness (QED) is 0.859. The first-order valence-electron chi connectivity index (χ1n) is 6.60. The lowest BCUT2D eigenvalue weighted by atomic mass is 10.1. The van der Waals surface area contributed by atoms with Crippen LogP contribution >= 0.6 is 24.0 Å². The molecule has 2 N–H and O–H groups in total. The normalized spacial score (nSPS) is 27.2. The van der Waals surface area contributed by atoms with Gasteiger partial charge in [0.1, 0.15) is 11.1 Å².